The summed E-state index contributed by atoms with van der Waals surface area (Å²) in [4.78, 5) is 11.8. The minimum atomic E-state index is -0.0680. The van der Waals surface area contributed by atoms with E-state index in [1.807, 2.05) is 25.1 Å². The Labute approximate surface area is 109 Å². The molecule has 0 radical (unpaired) electrons. The second-order valence-corrected chi connectivity index (χ2v) is 5.38. The summed E-state index contributed by atoms with van der Waals surface area (Å²) in [6, 6.07) is 10.6. The molecule has 1 aliphatic carbocycles. The van der Waals surface area contributed by atoms with Gasteiger partial charge in [-0.25, -0.2) is 0 Å². The topological polar surface area (TPSA) is 55.1 Å². The predicted molar refractivity (Wildman–Crippen MR) is 73.1 cm³/mol. The van der Waals surface area contributed by atoms with E-state index in [-0.39, 0.29) is 18.0 Å². The molecular weight excluding hydrogens is 224 g/mol. The van der Waals surface area contributed by atoms with Crippen LogP contribution in [0.3, 0.4) is 0 Å². The molecule has 0 aliphatic heterocycles. The van der Waals surface area contributed by atoms with Crippen molar-refractivity contribution < 1.29 is 4.79 Å². The van der Waals surface area contributed by atoms with Crippen molar-refractivity contribution in [3.8, 4) is 0 Å². The third-order valence-electron chi connectivity index (χ3n) is 3.34. The minimum Gasteiger partial charge on any atom is -0.353 e. The first kappa shape index (κ1) is 13.1. The first-order valence-corrected chi connectivity index (χ1v) is 6.74. The fourth-order valence-corrected chi connectivity index (χ4v) is 2.26. The van der Waals surface area contributed by atoms with Crippen LogP contribution in [0, 0.1) is 5.92 Å². The lowest BCUT2D eigenvalue weighted by Crippen LogP contribution is -2.40. The Morgan fingerprint density at radius 2 is 2.06 bits per heavy atom. The Balaban J connectivity index is 1.90. The first-order chi connectivity index (χ1) is 8.65. The number of rotatable bonds is 6. The van der Waals surface area contributed by atoms with Gasteiger partial charge in [-0.2, -0.15) is 0 Å². The van der Waals surface area contributed by atoms with Gasteiger partial charge in [0, 0.05) is 18.5 Å². The number of hydrogen-bond acceptors (Lipinski definition) is 2. The number of benzene rings is 1. The zero-order valence-electron chi connectivity index (χ0n) is 10.9. The SMILES string of the molecule is CC(N)CC(=O)NC(Cc1ccccc1)C1CC1. The van der Waals surface area contributed by atoms with Crippen LogP contribution in [0.15, 0.2) is 30.3 Å². The summed E-state index contributed by atoms with van der Waals surface area (Å²) in [5.41, 5.74) is 6.94. The zero-order chi connectivity index (χ0) is 13.0. The highest BCUT2D eigenvalue weighted by molar-refractivity contribution is 5.76. The summed E-state index contributed by atoms with van der Waals surface area (Å²) in [5, 5.41) is 3.14. The van der Waals surface area contributed by atoms with E-state index in [4.69, 9.17) is 5.73 Å². The van der Waals surface area contributed by atoms with Gasteiger partial charge in [0.15, 0.2) is 0 Å². The summed E-state index contributed by atoms with van der Waals surface area (Å²) in [6.45, 7) is 1.86. The van der Waals surface area contributed by atoms with E-state index in [2.05, 4.69) is 17.4 Å². The van der Waals surface area contributed by atoms with E-state index in [0.717, 1.165) is 6.42 Å². The van der Waals surface area contributed by atoms with Gasteiger partial charge in [0.05, 0.1) is 0 Å². The van der Waals surface area contributed by atoms with Crippen molar-refractivity contribution in [2.24, 2.45) is 11.7 Å². The molecule has 0 heterocycles. The Morgan fingerprint density at radius 3 is 2.61 bits per heavy atom. The molecule has 0 bridgehead atoms. The molecule has 3 N–H and O–H groups in total. The van der Waals surface area contributed by atoms with E-state index >= 15 is 0 Å². The van der Waals surface area contributed by atoms with E-state index in [1.165, 1.54) is 18.4 Å². The molecule has 3 nitrogen and oxygen atoms in total. The van der Waals surface area contributed by atoms with Gasteiger partial charge in [-0.3, -0.25) is 4.79 Å². The lowest BCUT2D eigenvalue weighted by Gasteiger charge is -2.19. The average molecular weight is 246 g/mol. The van der Waals surface area contributed by atoms with Crippen LogP contribution >= 0.6 is 0 Å². The number of nitrogens with two attached hydrogens (primary N) is 1. The number of amides is 1. The summed E-state index contributed by atoms with van der Waals surface area (Å²) >= 11 is 0. The molecule has 3 heteroatoms. The molecule has 18 heavy (non-hydrogen) atoms. The van der Waals surface area contributed by atoms with Crippen LogP contribution in [0.1, 0.15) is 31.7 Å². The first-order valence-electron chi connectivity index (χ1n) is 6.74. The zero-order valence-corrected chi connectivity index (χ0v) is 10.9. The number of carbonyl (C=O) groups is 1. The predicted octanol–water partition coefficient (Wildman–Crippen LogP) is 1.86. The maximum atomic E-state index is 11.8. The van der Waals surface area contributed by atoms with Gasteiger partial charge in [0.1, 0.15) is 0 Å². The minimum absolute atomic E-state index is 0.0680. The smallest absolute Gasteiger partial charge is 0.221 e. The highest BCUT2D eigenvalue weighted by Gasteiger charge is 2.32. The quantitative estimate of drug-likeness (QED) is 0.805. The van der Waals surface area contributed by atoms with Crippen molar-refractivity contribution in [3.63, 3.8) is 0 Å². The van der Waals surface area contributed by atoms with E-state index < -0.39 is 0 Å². The Morgan fingerprint density at radius 1 is 1.39 bits per heavy atom. The molecule has 1 aromatic carbocycles. The van der Waals surface area contributed by atoms with Crippen LogP contribution in [0.25, 0.3) is 0 Å². The van der Waals surface area contributed by atoms with Crippen molar-refractivity contribution >= 4 is 5.91 Å². The van der Waals surface area contributed by atoms with Crippen LogP contribution in [0.2, 0.25) is 0 Å². The molecule has 1 aromatic rings. The van der Waals surface area contributed by atoms with E-state index in [0.29, 0.717) is 12.3 Å². The van der Waals surface area contributed by atoms with Crippen LogP contribution in [-0.4, -0.2) is 18.0 Å². The largest absolute Gasteiger partial charge is 0.353 e. The Kier molecular flexibility index (Phi) is 4.37. The molecule has 2 atom stereocenters. The van der Waals surface area contributed by atoms with Crippen LogP contribution in [-0.2, 0) is 11.2 Å². The Bertz CT molecular complexity index is 385. The molecule has 0 saturated heterocycles. The fraction of sp³-hybridized carbons (Fsp3) is 0.533. The summed E-state index contributed by atoms with van der Waals surface area (Å²) in [6.07, 6.45) is 3.81. The van der Waals surface area contributed by atoms with Gasteiger partial charge in [0.25, 0.3) is 0 Å². The normalized spacial score (nSPS) is 18.1. The maximum Gasteiger partial charge on any atom is 0.221 e. The van der Waals surface area contributed by atoms with Gasteiger partial charge in [-0.1, -0.05) is 30.3 Å². The second kappa shape index (κ2) is 6.01. The molecule has 1 amide bonds. The molecule has 2 unspecified atom stereocenters. The molecule has 1 saturated carbocycles. The molecular formula is C15H22N2O. The molecule has 1 fully saturated rings. The van der Waals surface area contributed by atoms with Crippen LogP contribution < -0.4 is 11.1 Å². The third-order valence-corrected chi connectivity index (χ3v) is 3.34. The molecule has 2 rings (SSSR count). The van der Waals surface area contributed by atoms with Crippen molar-refractivity contribution in [1.82, 2.24) is 5.32 Å². The summed E-state index contributed by atoms with van der Waals surface area (Å²) < 4.78 is 0. The Hall–Kier alpha value is -1.35. The fourth-order valence-electron chi connectivity index (χ4n) is 2.26. The number of nitrogens with one attached hydrogen (secondary N) is 1. The monoisotopic (exact) mass is 246 g/mol. The highest BCUT2D eigenvalue weighted by atomic mass is 16.1. The summed E-state index contributed by atoms with van der Waals surface area (Å²) in [7, 11) is 0. The van der Waals surface area contributed by atoms with Gasteiger partial charge < -0.3 is 11.1 Å². The molecule has 98 valence electrons. The van der Waals surface area contributed by atoms with Gasteiger partial charge in [-0.05, 0) is 37.7 Å². The van der Waals surface area contributed by atoms with Gasteiger partial charge in [0.2, 0.25) is 5.91 Å². The van der Waals surface area contributed by atoms with E-state index in [1.54, 1.807) is 0 Å². The van der Waals surface area contributed by atoms with Gasteiger partial charge in [-0.15, -0.1) is 0 Å². The number of carbonyl (C=O) groups excluding carboxylic acids is 1. The molecule has 0 aromatic heterocycles. The van der Waals surface area contributed by atoms with Crippen LogP contribution in [0.4, 0.5) is 0 Å². The molecule has 0 spiro atoms. The van der Waals surface area contributed by atoms with Crippen molar-refractivity contribution in [1.29, 1.82) is 0 Å². The van der Waals surface area contributed by atoms with Crippen molar-refractivity contribution in [3.05, 3.63) is 35.9 Å². The van der Waals surface area contributed by atoms with Crippen molar-refractivity contribution in [2.45, 2.75) is 44.7 Å². The van der Waals surface area contributed by atoms with Crippen molar-refractivity contribution in [2.75, 3.05) is 0 Å². The standard InChI is InChI=1S/C15H22N2O/c1-11(16)9-15(18)17-14(13-7-8-13)10-12-5-3-2-4-6-12/h2-6,11,13-14H,7-10,16H2,1H3,(H,17,18). The highest BCUT2D eigenvalue weighted by Crippen LogP contribution is 2.34. The number of hydrogen-bond donors (Lipinski definition) is 2. The third kappa shape index (κ3) is 4.15. The lowest BCUT2D eigenvalue weighted by atomic mass is 10.0. The lowest BCUT2D eigenvalue weighted by molar-refractivity contribution is -0.122. The second-order valence-electron chi connectivity index (χ2n) is 5.38. The van der Waals surface area contributed by atoms with Crippen LogP contribution in [0.5, 0.6) is 0 Å². The van der Waals surface area contributed by atoms with E-state index in [9.17, 15) is 4.79 Å². The molecule has 1 aliphatic rings. The summed E-state index contributed by atoms with van der Waals surface area (Å²) in [5.74, 6) is 0.736. The maximum absolute atomic E-state index is 11.8. The average Bonchev–Trinajstić information content (AvgIpc) is 3.12. The van der Waals surface area contributed by atoms with Gasteiger partial charge >= 0.3 is 0 Å².